The van der Waals surface area contributed by atoms with Crippen LogP contribution in [0.25, 0.3) is 0 Å². The molecule has 1 aliphatic heterocycles. The van der Waals surface area contributed by atoms with Gasteiger partial charge >= 0.3 is 0 Å². The van der Waals surface area contributed by atoms with Crippen LogP contribution in [-0.4, -0.2) is 32.5 Å². The summed E-state index contributed by atoms with van der Waals surface area (Å²) in [5, 5.41) is 13.9. The lowest BCUT2D eigenvalue weighted by atomic mass is 10.2. The monoisotopic (exact) mass is 335 g/mol. The average Bonchev–Trinajstić information content (AvgIpc) is 2.89. The molecule has 1 aromatic rings. The van der Waals surface area contributed by atoms with Crippen LogP contribution in [0.3, 0.4) is 0 Å². The van der Waals surface area contributed by atoms with Crippen molar-refractivity contribution in [3.63, 3.8) is 0 Å². The molecule has 2 N–H and O–H groups in total. The molecule has 118 valence electrons. The molecule has 2 rings (SSSR count). The van der Waals surface area contributed by atoms with Gasteiger partial charge < -0.3 is 5.32 Å². The number of hydrogen-bond acceptors (Lipinski definition) is 5. The van der Waals surface area contributed by atoms with Crippen molar-refractivity contribution in [1.29, 1.82) is 0 Å². The molecule has 1 atom stereocenters. The Morgan fingerprint density at radius 2 is 2.19 bits per heavy atom. The summed E-state index contributed by atoms with van der Waals surface area (Å²) in [6.45, 7) is 2.80. The maximum atomic E-state index is 12.2. The SMILES string of the molecule is Cc1ccc([N+](=O)[O-])cc1S(=O)(=O)NCC1CCCN1.Cl. The van der Waals surface area contributed by atoms with Crippen molar-refractivity contribution in [3.8, 4) is 0 Å². The molecule has 0 saturated carbocycles. The van der Waals surface area contributed by atoms with Gasteiger partial charge in [0.2, 0.25) is 10.0 Å². The van der Waals surface area contributed by atoms with E-state index in [1.54, 1.807) is 6.92 Å². The first kappa shape index (κ1) is 17.8. The summed E-state index contributed by atoms with van der Waals surface area (Å²) in [6.07, 6.45) is 1.96. The summed E-state index contributed by atoms with van der Waals surface area (Å²) in [5.41, 5.74) is 0.262. The van der Waals surface area contributed by atoms with Gasteiger partial charge in [0.25, 0.3) is 5.69 Å². The van der Waals surface area contributed by atoms with Crippen molar-refractivity contribution in [2.75, 3.05) is 13.1 Å². The first-order chi connectivity index (χ1) is 9.40. The Bertz CT molecular complexity index is 615. The Kier molecular flexibility index (Phi) is 6.09. The molecule has 1 saturated heterocycles. The number of aryl methyl sites for hydroxylation is 1. The number of nitrogens with zero attached hydrogens (tertiary/aromatic N) is 1. The summed E-state index contributed by atoms with van der Waals surface area (Å²) in [5.74, 6) is 0. The van der Waals surface area contributed by atoms with Crippen molar-refractivity contribution < 1.29 is 13.3 Å². The second-order valence-electron chi connectivity index (χ2n) is 4.85. The number of sulfonamides is 1. The van der Waals surface area contributed by atoms with Crippen molar-refractivity contribution in [1.82, 2.24) is 10.0 Å². The summed E-state index contributed by atoms with van der Waals surface area (Å²) < 4.78 is 27.0. The van der Waals surface area contributed by atoms with Crippen LogP contribution in [0.4, 0.5) is 5.69 Å². The van der Waals surface area contributed by atoms with E-state index in [9.17, 15) is 18.5 Å². The van der Waals surface area contributed by atoms with E-state index >= 15 is 0 Å². The molecule has 1 fully saturated rings. The first-order valence-corrected chi connectivity index (χ1v) is 7.86. The predicted octanol–water partition coefficient (Wildman–Crippen LogP) is 1.36. The van der Waals surface area contributed by atoms with Gasteiger partial charge in [-0.1, -0.05) is 6.07 Å². The van der Waals surface area contributed by atoms with E-state index in [2.05, 4.69) is 10.0 Å². The van der Waals surface area contributed by atoms with Crippen LogP contribution in [-0.2, 0) is 10.0 Å². The fourth-order valence-electron chi connectivity index (χ4n) is 2.21. The second-order valence-corrected chi connectivity index (χ2v) is 6.59. The topological polar surface area (TPSA) is 101 Å². The molecular weight excluding hydrogens is 318 g/mol. The molecule has 9 heteroatoms. The maximum Gasteiger partial charge on any atom is 0.270 e. The summed E-state index contributed by atoms with van der Waals surface area (Å²) in [7, 11) is -3.73. The number of hydrogen-bond donors (Lipinski definition) is 2. The molecule has 0 spiro atoms. The minimum Gasteiger partial charge on any atom is -0.313 e. The number of nitrogens with one attached hydrogen (secondary N) is 2. The van der Waals surface area contributed by atoms with Gasteiger partial charge in [0, 0.05) is 24.7 Å². The highest BCUT2D eigenvalue weighted by Crippen LogP contribution is 2.21. The van der Waals surface area contributed by atoms with Crippen molar-refractivity contribution in [2.24, 2.45) is 0 Å². The maximum absolute atomic E-state index is 12.2. The average molecular weight is 336 g/mol. The molecule has 0 amide bonds. The Hall–Kier alpha value is -1.22. The zero-order valence-corrected chi connectivity index (χ0v) is 13.2. The lowest BCUT2D eigenvalue weighted by Crippen LogP contribution is -2.37. The van der Waals surface area contributed by atoms with Crippen LogP contribution < -0.4 is 10.0 Å². The van der Waals surface area contributed by atoms with Gasteiger partial charge in [0.05, 0.1) is 9.82 Å². The molecular formula is C12H18ClN3O4S. The molecule has 1 aliphatic rings. The Labute approximate surface area is 129 Å². The van der Waals surface area contributed by atoms with Gasteiger partial charge in [-0.25, -0.2) is 13.1 Å². The Morgan fingerprint density at radius 3 is 2.76 bits per heavy atom. The number of halogens is 1. The zero-order chi connectivity index (χ0) is 14.8. The van der Waals surface area contributed by atoms with Crippen LogP contribution in [0.2, 0.25) is 0 Å². The third-order valence-electron chi connectivity index (χ3n) is 3.35. The largest absolute Gasteiger partial charge is 0.313 e. The van der Waals surface area contributed by atoms with E-state index in [4.69, 9.17) is 0 Å². The number of non-ortho nitro benzene ring substituents is 1. The predicted molar refractivity (Wildman–Crippen MR) is 81.3 cm³/mol. The van der Waals surface area contributed by atoms with Crippen LogP contribution in [0.5, 0.6) is 0 Å². The Morgan fingerprint density at radius 1 is 1.48 bits per heavy atom. The first-order valence-electron chi connectivity index (χ1n) is 6.38. The van der Waals surface area contributed by atoms with Crippen LogP contribution in [0, 0.1) is 17.0 Å². The number of rotatable bonds is 5. The van der Waals surface area contributed by atoms with E-state index in [1.165, 1.54) is 12.1 Å². The molecule has 0 radical (unpaired) electrons. The number of nitro groups is 1. The van der Waals surface area contributed by atoms with E-state index in [-0.39, 0.29) is 29.0 Å². The molecule has 1 aromatic carbocycles. The molecule has 0 aliphatic carbocycles. The van der Waals surface area contributed by atoms with Gasteiger partial charge in [0.15, 0.2) is 0 Å². The zero-order valence-electron chi connectivity index (χ0n) is 11.5. The highest BCUT2D eigenvalue weighted by Gasteiger charge is 2.22. The number of benzene rings is 1. The van der Waals surface area contributed by atoms with E-state index in [1.807, 2.05) is 0 Å². The van der Waals surface area contributed by atoms with Crippen LogP contribution in [0.1, 0.15) is 18.4 Å². The van der Waals surface area contributed by atoms with Crippen LogP contribution >= 0.6 is 12.4 Å². The van der Waals surface area contributed by atoms with Crippen molar-refractivity contribution in [2.45, 2.75) is 30.7 Å². The molecule has 0 aromatic heterocycles. The van der Waals surface area contributed by atoms with E-state index in [0.29, 0.717) is 12.1 Å². The normalized spacial score (nSPS) is 18.2. The van der Waals surface area contributed by atoms with Gasteiger partial charge in [-0.05, 0) is 31.9 Å². The van der Waals surface area contributed by atoms with Gasteiger partial charge in [-0.2, -0.15) is 0 Å². The standard InChI is InChI=1S/C12H17N3O4S.ClH/c1-9-4-5-11(15(16)17)7-12(9)20(18,19)14-8-10-3-2-6-13-10;/h4-5,7,10,13-14H,2-3,6,8H2,1H3;1H. The van der Waals surface area contributed by atoms with E-state index < -0.39 is 14.9 Å². The minimum absolute atomic E-state index is 0. The lowest BCUT2D eigenvalue weighted by Gasteiger charge is -2.13. The smallest absolute Gasteiger partial charge is 0.270 e. The molecule has 1 heterocycles. The molecule has 0 bridgehead atoms. The third-order valence-corrected chi connectivity index (χ3v) is 4.92. The summed E-state index contributed by atoms with van der Waals surface area (Å²) in [4.78, 5) is 10.1. The fourth-order valence-corrected chi connectivity index (χ4v) is 3.55. The van der Waals surface area contributed by atoms with Gasteiger partial charge in [-0.3, -0.25) is 10.1 Å². The lowest BCUT2D eigenvalue weighted by molar-refractivity contribution is -0.385. The quantitative estimate of drug-likeness (QED) is 0.625. The highest BCUT2D eigenvalue weighted by atomic mass is 35.5. The van der Waals surface area contributed by atoms with Gasteiger partial charge in [0.1, 0.15) is 0 Å². The van der Waals surface area contributed by atoms with E-state index in [0.717, 1.165) is 25.5 Å². The number of nitro benzene ring substituents is 1. The highest BCUT2D eigenvalue weighted by molar-refractivity contribution is 7.89. The second kappa shape index (κ2) is 7.17. The Balaban J connectivity index is 0.00000220. The van der Waals surface area contributed by atoms with Crippen molar-refractivity contribution >= 4 is 28.1 Å². The van der Waals surface area contributed by atoms with Gasteiger partial charge in [-0.15, -0.1) is 12.4 Å². The minimum atomic E-state index is -3.73. The summed E-state index contributed by atoms with van der Waals surface area (Å²) in [6, 6.07) is 3.97. The molecule has 1 unspecified atom stereocenters. The summed E-state index contributed by atoms with van der Waals surface area (Å²) >= 11 is 0. The fraction of sp³-hybridized carbons (Fsp3) is 0.500. The molecule has 21 heavy (non-hydrogen) atoms. The van der Waals surface area contributed by atoms with Crippen LogP contribution in [0.15, 0.2) is 23.1 Å². The van der Waals surface area contributed by atoms with Crippen molar-refractivity contribution in [3.05, 3.63) is 33.9 Å². The third kappa shape index (κ3) is 4.37. The molecule has 7 nitrogen and oxygen atoms in total.